The van der Waals surface area contributed by atoms with E-state index in [0.29, 0.717) is 6.54 Å². The van der Waals surface area contributed by atoms with Gasteiger partial charge >= 0.3 is 5.97 Å². The zero-order chi connectivity index (χ0) is 15.2. The van der Waals surface area contributed by atoms with Gasteiger partial charge in [0.05, 0.1) is 13.5 Å². The second-order valence-electron chi connectivity index (χ2n) is 4.83. The van der Waals surface area contributed by atoms with Crippen LogP contribution in [0.4, 0.5) is 10.1 Å². The number of benzene rings is 2. The van der Waals surface area contributed by atoms with Gasteiger partial charge in [0.25, 0.3) is 0 Å². The summed E-state index contributed by atoms with van der Waals surface area (Å²) in [7, 11) is 1.37. The molecule has 0 bridgehead atoms. The van der Waals surface area contributed by atoms with Crippen LogP contribution in [0.15, 0.2) is 42.5 Å². The number of carbonyl (C=O) groups is 1. The molecule has 0 aliphatic carbocycles. The van der Waals surface area contributed by atoms with E-state index in [1.165, 1.54) is 19.2 Å². The van der Waals surface area contributed by atoms with Crippen LogP contribution in [0.1, 0.15) is 16.7 Å². The molecule has 0 atom stereocenters. The van der Waals surface area contributed by atoms with Gasteiger partial charge in [-0.3, -0.25) is 4.79 Å². The highest BCUT2D eigenvalue weighted by Gasteiger charge is 2.08. The molecule has 2 aromatic carbocycles. The molecule has 4 heteroatoms. The van der Waals surface area contributed by atoms with E-state index >= 15 is 0 Å². The van der Waals surface area contributed by atoms with Gasteiger partial charge in [-0.15, -0.1) is 0 Å². The van der Waals surface area contributed by atoms with Crippen LogP contribution in [0.3, 0.4) is 0 Å². The molecule has 1 N–H and O–H groups in total. The molecule has 3 nitrogen and oxygen atoms in total. The zero-order valence-corrected chi connectivity index (χ0v) is 12.2. The van der Waals surface area contributed by atoms with Crippen LogP contribution in [-0.2, 0) is 22.5 Å². The third kappa shape index (κ3) is 4.05. The molecule has 0 spiro atoms. The van der Waals surface area contributed by atoms with Crippen molar-refractivity contribution in [1.29, 1.82) is 0 Å². The maximum Gasteiger partial charge on any atom is 0.309 e. The third-order valence-electron chi connectivity index (χ3n) is 3.35. The molecule has 2 aromatic rings. The minimum Gasteiger partial charge on any atom is -0.469 e. The Bertz CT molecular complexity index is 640. The molecular weight excluding hydrogens is 269 g/mol. The number of methoxy groups -OCH3 is 1. The molecule has 0 unspecified atom stereocenters. The molecule has 0 aliphatic heterocycles. The number of rotatable bonds is 5. The number of ether oxygens (including phenoxy) is 1. The normalized spacial score (nSPS) is 10.2. The first-order valence-electron chi connectivity index (χ1n) is 6.74. The van der Waals surface area contributed by atoms with Crippen molar-refractivity contribution < 1.29 is 13.9 Å². The Balaban J connectivity index is 2.13. The number of nitrogens with one attached hydrogen (secondary N) is 1. The van der Waals surface area contributed by atoms with Crippen LogP contribution in [0.25, 0.3) is 0 Å². The summed E-state index contributed by atoms with van der Waals surface area (Å²) < 4.78 is 18.0. The fraction of sp³-hybridized carbons (Fsp3) is 0.235. The molecule has 0 aromatic heterocycles. The van der Waals surface area contributed by atoms with Crippen molar-refractivity contribution >= 4 is 11.7 Å². The van der Waals surface area contributed by atoms with Gasteiger partial charge in [-0.2, -0.15) is 0 Å². The molecule has 0 saturated carbocycles. The highest BCUT2D eigenvalue weighted by molar-refractivity contribution is 5.73. The standard InChI is InChI=1S/C17H18FNO2/c1-12-7-8-15(18)10-16(12)19-11-14-6-4-3-5-13(14)9-17(20)21-2/h3-8,10,19H,9,11H2,1-2H3. The molecule has 0 fully saturated rings. The van der Waals surface area contributed by atoms with Crippen molar-refractivity contribution in [2.75, 3.05) is 12.4 Å². The van der Waals surface area contributed by atoms with E-state index in [4.69, 9.17) is 4.74 Å². The monoisotopic (exact) mass is 287 g/mol. The Morgan fingerprint density at radius 2 is 1.90 bits per heavy atom. The largest absolute Gasteiger partial charge is 0.469 e. The summed E-state index contributed by atoms with van der Waals surface area (Å²) >= 11 is 0. The lowest BCUT2D eigenvalue weighted by molar-refractivity contribution is -0.139. The smallest absolute Gasteiger partial charge is 0.309 e. The van der Waals surface area contributed by atoms with E-state index in [-0.39, 0.29) is 18.2 Å². The predicted octanol–water partition coefficient (Wildman–Crippen LogP) is 3.46. The summed E-state index contributed by atoms with van der Waals surface area (Å²) in [6, 6.07) is 12.3. The average molecular weight is 287 g/mol. The maximum atomic E-state index is 13.3. The Labute approximate surface area is 123 Å². The van der Waals surface area contributed by atoms with Gasteiger partial charge in [0.1, 0.15) is 5.82 Å². The van der Waals surface area contributed by atoms with Crippen molar-refractivity contribution in [3.63, 3.8) is 0 Å². The molecule has 0 radical (unpaired) electrons. The minimum atomic E-state index is -0.274. The van der Waals surface area contributed by atoms with E-state index in [0.717, 1.165) is 22.4 Å². The molecular formula is C17H18FNO2. The number of carbonyl (C=O) groups excluding carboxylic acids is 1. The molecule has 0 heterocycles. The van der Waals surface area contributed by atoms with Gasteiger partial charge in [-0.25, -0.2) is 4.39 Å². The number of esters is 1. The molecule has 0 aliphatic rings. The zero-order valence-electron chi connectivity index (χ0n) is 12.2. The Kier molecular flexibility index (Phi) is 4.93. The van der Waals surface area contributed by atoms with Gasteiger partial charge in [0, 0.05) is 12.2 Å². The predicted molar refractivity (Wildman–Crippen MR) is 80.6 cm³/mol. The molecule has 21 heavy (non-hydrogen) atoms. The highest BCUT2D eigenvalue weighted by Crippen LogP contribution is 2.18. The van der Waals surface area contributed by atoms with Gasteiger partial charge in [0.2, 0.25) is 0 Å². The van der Waals surface area contributed by atoms with Gasteiger partial charge in [0.15, 0.2) is 0 Å². The second kappa shape index (κ2) is 6.88. The van der Waals surface area contributed by atoms with Gasteiger partial charge < -0.3 is 10.1 Å². The van der Waals surface area contributed by atoms with E-state index in [1.807, 2.05) is 31.2 Å². The van der Waals surface area contributed by atoms with Crippen molar-refractivity contribution in [3.8, 4) is 0 Å². The molecule has 110 valence electrons. The van der Waals surface area contributed by atoms with Crippen LogP contribution in [0.5, 0.6) is 0 Å². The van der Waals surface area contributed by atoms with Crippen LogP contribution < -0.4 is 5.32 Å². The average Bonchev–Trinajstić information content (AvgIpc) is 2.49. The number of hydrogen-bond acceptors (Lipinski definition) is 3. The molecule has 0 saturated heterocycles. The minimum absolute atomic E-state index is 0.233. The highest BCUT2D eigenvalue weighted by atomic mass is 19.1. The van der Waals surface area contributed by atoms with Gasteiger partial charge in [-0.05, 0) is 35.7 Å². The molecule has 0 amide bonds. The quantitative estimate of drug-likeness (QED) is 0.856. The lowest BCUT2D eigenvalue weighted by Crippen LogP contribution is -2.09. The first-order valence-corrected chi connectivity index (χ1v) is 6.74. The molecule has 2 rings (SSSR count). The maximum absolute atomic E-state index is 13.3. The van der Waals surface area contributed by atoms with Crippen LogP contribution >= 0.6 is 0 Å². The first-order chi connectivity index (χ1) is 10.1. The van der Waals surface area contributed by atoms with E-state index < -0.39 is 0 Å². The number of aryl methyl sites for hydroxylation is 1. The van der Waals surface area contributed by atoms with E-state index in [1.54, 1.807) is 6.07 Å². The SMILES string of the molecule is COC(=O)Cc1ccccc1CNc1cc(F)ccc1C. The number of hydrogen-bond donors (Lipinski definition) is 1. The fourth-order valence-electron chi connectivity index (χ4n) is 2.11. The summed E-state index contributed by atoms with van der Waals surface area (Å²) in [6.45, 7) is 2.44. The van der Waals surface area contributed by atoms with Gasteiger partial charge in [-0.1, -0.05) is 30.3 Å². The lowest BCUT2D eigenvalue weighted by Gasteiger charge is -2.12. The third-order valence-corrected chi connectivity index (χ3v) is 3.35. The van der Waals surface area contributed by atoms with Crippen molar-refractivity contribution in [1.82, 2.24) is 0 Å². The summed E-state index contributed by atoms with van der Waals surface area (Å²) in [5.41, 5.74) is 3.63. The Morgan fingerprint density at radius 3 is 2.62 bits per heavy atom. The summed E-state index contributed by atoms with van der Waals surface area (Å²) in [4.78, 5) is 11.4. The lowest BCUT2D eigenvalue weighted by atomic mass is 10.0. The first kappa shape index (κ1) is 15.0. The second-order valence-corrected chi connectivity index (χ2v) is 4.83. The topological polar surface area (TPSA) is 38.3 Å². The summed E-state index contributed by atoms with van der Waals surface area (Å²) in [6.07, 6.45) is 0.233. The van der Waals surface area contributed by atoms with Crippen molar-refractivity contribution in [2.24, 2.45) is 0 Å². The Hall–Kier alpha value is -2.36. The van der Waals surface area contributed by atoms with E-state index in [9.17, 15) is 9.18 Å². The van der Waals surface area contributed by atoms with Crippen LogP contribution in [0, 0.1) is 12.7 Å². The van der Waals surface area contributed by atoms with Crippen LogP contribution in [-0.4, -0.2) is 13.1 Å². The number of anilines is 1. The fourth-order valence-corrected chi connectivity index (χ4v) is 2.11. The summed E-state index contributed by atoms with van der Waals surface area (Å²) in [5.74, 6) is -0.546. The Morgan fingerprint density at radius 1 is 1.19 bits per heavy atom. The van der Waals surface area contributed by atoms with E-state index in [2.05, 4.69) is 5.32 Å². The van der Waals surface area contributed by atoms with Crippen molar-refractivity contribution in [3.05, 3.63) is 65.0 Å². The number of halogens is 1. The van der Waals surface area contributed by atoms with Crippen LogP contribution in [0.2, 0.25) is 0 Å². The summed E-state index contributed by atoms with van der Waals surface area (Å²) in [5, 5.41) is 3.21. The van der Waals surface area contributed by atoms with Crippen molar-refractivity contribution in [2.45, 2.75) is 19.9 Å².